The van der Waals surface area contributed by atoms with Gasteiger partial charge in [-0.05, 0) is 37.1 Å². The zero-order chi connectivity index (χ0) is 10.6. The largest absolute Gasteiger partial charge is 0.392 e. The van der Waals surface area contributed by atoms with Crippen LogP contribution in [0.25, 0.3) is 0 Å². The number of benzene rings is 1. The molecule has 14 heavy (non-hydrogen) atoms. The summed E-state index contributed by atoms with van der Waals surface area (Å²) in [6.07, 6.45) is -0.351. The molecule has 0 aromatic heterocycles. The van der Waals surface area contributed by atoms with Crippen LogP contribution in [0, 0.1) is 12.7 Å². The molecule has 0 aliphatic carbocycles. The van der Waals surface area contributed by atoms with Crippen molar-refractivity contribution in [2.45, 2.75) is 26.5 Å². The predicted molar refractivity (Wildman–Crippen MR) is 54.5 cm³/mol. The van der Waals surface area contributed by atoms with Crippen molar-refractivity contribution in [1.82, 2.24) is 5.32 Å². The van der Waals surface area contributed by atoms with Gasteiger partial charge in [0, 0.05) is 13.1 Å². The van der Waals surface area contributed by atoms with Crippen LogP contribution in [0.3, 0.4) is 0 Å². The van der Waals surface area contributed by atoms with Crippen LogP contribution in [-0.2, 0) is 6.54 Å². The van der Waals surface area contributed by atoms with Gasteiger partial charge in [-0.3, -0.25) is 0 Å². The lowest BCUT2D eigenvalue weighted by Crippen LogP contribution is -2.24. The average molecular weight is 197 g/mol. The van der Waals surface area contributed by atoms with E-state index < -0.39 is 0 Å². The molecule has 1 aromatic rings. The van der Waals surface area contributed by atoms with Gasteiger partial charge in [0.15, 0.2) is 0 Å². The summed E-state index contributed by atoms with van der Waals surface area (Å²) in [5.74, 6) is -0.207. The number of hydrogen-bond acceptors (Lipinski definition) is 2. The van der Waals surface area contributed by atoms with Gasteiger partial charge in [0.25, 0.3) is 0 Å². The van der Waals surface area contributed by atoms with Crippen LogP contribution < -0.4 is 5.32 Å². The summed E-state index contributed by atoms with van der Waals surface area (Å²) < 4.78 is 12.7. The van der Waals surface area contributed by atoms with Crippen LogP contribution in [-0.4, -0.2) is 17.8 Å². The molecule has 0 unspecified atom stereocenters. The molecule has 78 valence electrons. The van der Waals surface area contributed by atoms with Crippen LogP contribution in [0.1, 0.15) is 18.1 Å². The van der Waals surface area contributed by atoms with E-state index in [-0.39, 0.29) is 11.9 Å². The van der Waals surface area contributed by atoms with E-state index in [9.17, 15) is 4.39 Å². The zero-order valence-corrected chi connectivity index (χ0v) is 8.55. The summed E-state index contributed by atoms with van der Waals surface area (Å²) in [4.78, 5) is 0. The molecule has 1 atom stereocenters. The lowest BCUT2D eigenvalue weighted by molar-refractivity contribution is 0.191. The van der Waals surface area contributed by atoms with Crippen molar-refractivity contribution >= 4 is 0 Å². The lowest BCUT2D eigenvalue weighted by Gasteiger charge is -2.09. The maximum atomic E-state index is 12.7. The Hall–Kier alpha value is -0.930. The predicted octanol–water partition coefficient (Wildman–Crippen LogP) is 1.60. The number of nitrogens with one attached hydrogen (secondary N) is 1. The monoisotopic (exact) mass is 197 g/mol. The van der Waals surface area contributed by atoms with Crippen molar-refractivity contribution in [3.63, 3.8) is 0 Å². The molecule has 0 amide bonds. The molecule has 1 aromatic carbocycles. The van der Waals surface area contributed by atoms with Gasteiger partial charge in [-0.15, -0.1) is 0 Å². The molecule has 0 aliphatic rings. The standard InChI is InChI=1S/C11H16FNO/c1-8-5-11(12)4-3-10(8)7-13-6-9(2)14/h3-5,9,13-14H,6-7H2,1-2H3/t9-/m1/s1. The van der Waals surface area contributed by atoms with Crippen molar-refractivity contribution in [3.8, 4) is 0 Å². The Bertz CT molecular complexity index is 299. The van der Waals surface area contributed by atoms with Crippen LogP contribution in [0.15, 0.2) is 18.2 Å². The van der Waals surface area contributed by atoms with Crippen molar-refractivity contribution in [2.75, 3.05) is 6.54 Å². The van der Waals surface area contributed by atoms with Crippen molar-refractivity contribution in [3.05, 3.63) is 35.1 Å². The molecule has 0 spiro atoms. The molecule has 0 fully saturated rings. The minimum atomic E-state index is -0.351. The number of aryl methyl sites for hydroxylation is 1. The molecule has 0 saturated carbocycles. The Morgan fingerprint density at radius 2 is 2.21 bits per heavy atom. The highest BCUT2D eigenvalue weighted by atomic mass is 19.1. The molecule has 0 saturated heterocycles. The maximum Gasteiger partial charge on any atom is 0.123 e. The minimum Gasteiger partial charge on any atom is -0.392 e. The second kappa shape index (κ2) is 5.08. The molecular formula is C11H16FNO. The molecular weight excluding hydrogens is 181 g/mol. The first kappa shape index (κ1) is 11.1. The molecule has 3 heteroatoms. The van der Waals surface area contributed by atoms with Crippen LogP contribution in [0.5, 0.6) is 0 Å². The Morgan fingerprint density at radius 1 is 1.50 bits per heavy atom. The molecule has 0 aliphatic heterocycles. The summed E-state index contributed by atoms with van der Waals surface area (Å²) in [5.41, 5.74) is 2.00. The van der Waals surface area contributed by atoms with E-state index in [1.165, 1.54) is 12.1 Å². The van der Waals surface area contributed by atoms with Gasteiger partial charge < -0.3 is 10.4 Å². The summed E-state index contributed by atoms with van der Waals surface area (Å²) in [7, 11) is 0. The summed E-state index contributed by atoms with van der Waals surface area (Å²) in [6.45, 7) is 4.82. The second-order valence-electron chi connectivity index (χ2n) is 3.55. The fourth-order valence-corrected chi connectivity index (χ4v) is 1.27. The van der Waals surface area contributed by atoms with Gasteiger partial charge in [-0.25, -0.2) is 4.39 Å². The number of aliphatic hydroxyl groups is 1. The van der Waals surface area contributed by atoms with Gasteiger partial charge in [-0.1, -0.05) is 6.07 Å². The third-order valence-electron chi connectivity index (χ3n) is 2.06. The highest BCUT2D eigenvalue weighted by Crippen LogP contribution is 2.09. The van der Waals surface area contributed by atoms with Gasteiger partial charge in [0.05, 0.1) is 6.10 Å². The van der Waals surface area contributed by atoms with E-state index >= 15 is 0 Å². The maximum absolute atomic E-state index is 12.7. The van der Waals surface area contributed by atoms with E-state index in [2.05, 4.69) is 5.32 Å². The van der Waals surface area contributed by atoms with Crippen LogP contribution in [0.4, 0.5) is 4.39 Å². The number of rotatable bonds is 4. The second-order valence-corrected chi connectivity index (χ2v) is 3.55. The van der Waals surface area contributed by atoms with Crippen LogP contribution >= 0.6 is 0 Å². The third kappa shape index (κ3) is 3.44. The zero-order valence-electron chi connectivity index (χ0n) is 8.55. The number of aliphatic hydroxyl groups excluding tert-OH is 1. The van der Waals surface area contributed by atoms with Gasteiger partial charge >= 0.3 is 0 Å². The first-order chi connectivity index (χ1) is 6.59. The lowest BCUT2D eigenvalue weighted by atomic mass is 10.1. The molecule has 2 N–H and O–H groups in total. The topological polar surface area (TPSA) is 32.3 Å². The Balaban J connectivity index is 2.51. The SMILES string of the molecule is Cc1cc(F)ccc1CNC[C@@H](C)O. The van der Waals surface area contributed by atoms with E-state index in [0.29, 0.717) is 13.1 Å². The fourth-order valence-electron chi connectivity index (χ4n) is 1.27. The third-order valence-corrected chi connectivity index (χ3v) is 2.06. The molecule has 0 radical (unpaired) electrons. The highest BCUT2D eigenvalue weighted by Gasteiger charge is 2.00. The van der Waals surface area contributed by atoms with Gasteiger partial charge in [0.2, 0.25) is 0 Å². The van der Waals surface area contributed by atoms with E-state index in [1.54, 1.807) is 13.0 Å². The van der Waals surface area contributed by atoms with E-state index in [4.69, 9.17) is 5.11 Å². The minimum absolute atomic E-state index is 0.207. The van der Waals surface area contributed by atoms with E-state index in [1.807, 2.05) is 6.92 Å². The molecule has 0 bridgehead atoms. The van der Waals surface area contributed by atoms with Gasteiger partial charge in [-0.2, -0.15) is 0 Å². The van der Waals surface area contributed by atoms with Gasteiger partial charge in [0.1, 0.15) is 5.82 Å². The van der Waals surface area contributed by atoms with Crippen molar-refractivity contribution in [1.29, 1.82) is 0 Å². The summed E-state index contributed by atoms with van der Waals surface area (Å²) >= 11 is 0. The average Bonchev–Trinajstić information content (AvgIpc) is 2.08. The normalized spacial score (nSPS) is 12.9. The Kier molecular flexibility index (Phi) is 4.04. The molecule has 1 rings (SSSR count). The Morgan fingerprint density at radius 3 is 2.79 bits per heavy atom. The van der Waals surface area contributed by atoms with E-state index in [0.717, 1.165) is 11.1 Å². The number of halogens is 1. The van der Waals surface area contributed by atoms with Crippen LogP contribution in [0.2, 0.25) is 0 Å². The first-order valence-corrected chi connectivity index (χ1v) is 4.73. The molecule has 2 nitrogen and oxygen atoms in total. The summed E-state index contributed by atoms with van der Waals surface area (Å²) in [5, 5.41) is 12.1. The van der Waals surface area contributed by atoms with Crippen molar-refractivity contribution in [2.24, 2.45) is 0 Å². The Labute approximate surface area is 83.8 Å². The highest BCUT2D eigenvalue weighted by molar-refractivity contribution is 5.26. The smallest absolute Gasteiger partial charge is 0.123 e. The first-order valence-electron chi connectivity index (χ1n) is 4.73. The van der Waals surface area contributed by atoms with Crippen molar-refractivity contribution < 1.29 is 9.50 Å². The quantitative estimate of drug-likeness (QED) is 0.768. The number of hydrogen-bond donors (Lipinski definition) is 2. The molecule has 0 heterocycles. The summed E-state index contributed by atoms with van der Waals surface area (Å²) in [6, 6.07) is 4.73. The fraction of sp³-hybridized carbons (Fsp3) is 0.455.